The molecule has 18 rings (SSSR count). The molecule has 0 saturated heterocycles. The molecular formula is C87H56N6. The summed E-state index contributed by atoms with van der Waals surface area (Å²) in [6, 6.07) is 123. The zero-order chi connectivity index (χ0) is 61.3. The van der Waals surface area contributed by atoms with Crippen LogP contribution in [0.3, 0.4) is 0 Å². The van der Waals surface area contributed by atoms with E-state index in [1.54, 1.807) is 0 Å². The minimum Gasteiger partial charge on any atom is -0.306 e. The summed E-state index contributed by atoms with van der Waals surface area (Å²) in [4.78, 5) is 16.5. The molecule has 434 valence electrons. The van der Waals surface area contributed by atoms with Gasteiger partial charge in [0.2, 0.25) is 0 Å². The number of nitrogens with zero attached hydrogens (tertiary/aromatic N) is 6. The number of para-hydroxylation sites is 5. The monoisotopic (exact) mass is 1180 g/mol. The predicted octanol–water partition coefficient (Wildman–Crippen LogP) is 22.5. The lowest BCUT2D eigenvalue weighted by Crippen LogP contribution is -2.13. The summed E-state index contributed by atoms with van der Waals surface area (Å²) in [5, 5.41) is 6.84. The molecular weight excluding hydrogens is 1130 g/mol. The van der Waals surface area contributed by atoms with Gasteiger partial charge in [0.25, 0.3) is 0 Å². The van der Waals surface area contributed by atoms with Crippen molar-refractivity contribution in [2.45, 2.75) is 0 Å². The number of fused-ring (bicyclic) bond motifs is 9. The first-order valence-corrected chi connectivity index (χ1v) is 31.7. The molecule has 12 aromatic carbocycles. The van der Waals surface area contributed by atoms with Crippen LogP contribution in [0.5, 0.6) is 0 Å². The van der Waals surface area contributed by atoms with Crippen molar-refractivity contribution in [2.24, 2.45) is 0 Å². The van der Waals surface area contributed by atoms with E-state index in [9.17, 15) is 0 Å². The Bertz CT molecular complexity index is 5420. The van der Waals surface area contributed by atoms with Gasteiger partial charge in [-0.15, -0.1) is 0 Å². The molecule has 0 unspecified atom stereocenters. The van der Waals surface area contributed by atoms with E-state index in [4.69, 9.17) is 15.0 Å². The van der Waals surface area contributed by atoms with E-state index >= 15 is 0 Å². The maximum absolute atomic E-state index is 5.57. The van der Waals surface area contributed by atoms with Crippen LogP contribution in [0.15, 0.2) is 340 Å². The Morgan fingerprint density at radius 2 is 0.430 bits per heavy atom. The summed E-state index contributed by atoms with van der Waals surface area (Å²) in [5.41, 5.74) is 24.9. The molecule has 0 spiro atoms. The van der Waals surface area contributed by atoms with Crippen LogP contribution in [0, 0.1) is 0 Å². The SMILES string of the molecule is c1ccc(-c2cccc(-c3ccc4c(c3)c3ccccc3n4-c3c(-n4c5ccccc5c5ccccc54)c(-c4cc(-c5ccccc5)nc(-c5ccccc5)c4)cc(-c4cc(-c5ccccc5)nc(-c5ccccc5)c4)c3-n3c4ccccc4c4ccccc43)n2)cc1. The van der Waals surface area contributed by atoms with E-state index in [0.717, 1.165) is 172 Å². The molecule has 18 aromatic rings. The molecule has 6 heteroatoms. The van der Waals surface area contributed by atoms with Gasteiger partial charge >= 0.3 is 0 Å². The van der Waals surface area contributed by atoms with Crippen molar-refractivity contribution in [3.63, 3.8) is 0 Å². The Morgan fingerprint density at radius 1 is 0.161 bits per heavy atom. The first-order chi connectivity index (χ1) is 46.1. The number of pyridine rings is 3. The third-order valence-corrected chi connectivity index (χ3v) is 18.4. The van der Waals surface area contributed by atoms with Gasteiger partial charge in [-0.1, -0.05) is 255 Å². The van der Waals surface area contributed by atoms with Gasteiger partial charge < -0.3 is 13.7 Å². The largest absolute Gasteiger partial charge is 0.306 e. The van der Waals surface area contributed by atoms with Gasteiger partial charge in [0.1, 0.15) is 0 Å². The van der Waals surface area contributed by atoms with Gasteiger partial charge in [0.15, 0.2) is 0 Å². The van der Waals surface area contributed by atoms with Crippen LogP contribution < -0.4 is 0 Å². The molecule has 6 heterocycles. The Kier molecular flexibility index (Phi) is 12.8. The smallest absolute Gasteiger partial charge is 0.0959 e. The van der Waals surface area contributed by atoms with Crippen molar-refractivity contribution in [3.8, 4) is 107 Å². The molecule has 0 atom stereocenters. The van der Waals surface area contributed by atoms with Gasteiger partial charge in [0, 0.05) is 76.8 Å². The first-order valence-electron chi connectivity index (χ1n) is 31.7. The highest BCUT2D eigenvalue weighted by Gasteiger charge is 2.32. The standard InChI is InChI=1S/C87H56N6/c1-6-27-57(28-7-1)73-42-26-43-74(88-73)62-49-50-84-72(51-62)69-41-20-25-48-83(69)93(84)87-85(91-79-44-21-16-37-65(79)66-38-17-22-45-80(66)91)70(63-52-75(58-29-8-2-9-30-58)89-76(53-63)59-31-10-3-11-32-59)56-71(86(87)92-81-46-23-18-39-67(81)68-40-19-24-47-82(68)92)64-54-77(60-33-12-4-13-34-60)90-78(55-64)61-35-14-5-15-36-61/h1-56H. The molecule has 6 aromatic heterocycles. The summed E-state index contributed by atoms with van der Waals surface area (Å²) in [6.45, 7) is 0. The fraction of sp³-hybridized carbons (Fsp3) is 0. The third kappa shape index (κ3) is 9.06. The Balaban J connectivity index is 1.09. The van der Waals surface area contributed by atoms with Crippen molar-refractivity contribution >= 4 is 65.4 Å². The highest BCUT2D eigenvalue weighted by atomic mass is 15.1. The summed E-state index contributed by atoms with van der Waals surface area (Å²) >= 11 is 0. The van der Waals surface area contributed by atoms with Crippen LogP contribution >= 0.6 is 0 Å². The maximum Gasteiger partial charge on any atom is 0.0959 e. The van der Waals surface area contributed by atoms with Gasteiger partial charge in [-0.25, -0.2) is 15.0 Å². The highest BCUT2D eigenvalue weighted by molar-refractivity contribution is 6.16. The van der Waals surface area contributed by atoms with Crippen LogP contribution in [-0.2, 0) is 0 Å². The highest BCUT2D eigenvalue weighted by Crippen LogP contribution is 2.51. The second-order valence-electron chi connectivity index (χ2n) is 23.8. The molecule has 0 aliphatic heterocycles. The average Bonchev–Trinajstić information content (AvgIpc) is 1.56. The number of hydrogen-bond donors (Lipinski definition) is 0. The second-order valence-corrected chi connectivity index (χ2v) is 23.8. The lowest BCUT2D eigenvalue weighted by Gasteiger charge is -2.28. The normalized spacial score (nSPS) is 11.7. The zero-order valence-corrected chi connectivity index (χ0v) is 50.5. The van der Waals surface area contributed by atoms with E-state index in [1.807, 2.05) is 0 Å². The number of benzene rings is 12. The molecule has 0 aliphatic rings. The van der Waals surface area contributed by atoms with Crippen molar-refractivity contribution in [1.29, 1.82) is 0 Å². The molecule has 0 aliphatic carbocycles. The molecule has 93 heavy (non-hydrogen) atoms. The first kappa shape index (κ1) is 53.5. The molecule has 0 saturated carbocycles. The fourth-order valence-corrected chi connectivity index (χ4v) is 14.2. The van der Waals surface area contributed by atoms with Crippen molar-refractivity contribution in [2.75, 3.05) is 0 Å². The maximum atomic E-state index is 5.57. The van der Waals surface area contributed by atoms with E-state index in [0.29, 0.717) is 0 Å². The summed E-state index contributed by atoms with van der Waals surface area (Å²) in [5.74, 6) is 0. The third-order valence-electron chi connectivity index (χ3n) is 18.4. The average molecular weight is 1190 g/mol. The molecule has 0 bridgehead atoms. The lowest BCUT2D eigenvalue weighted by molar-refractivity contribution is 1.05. The van der Waals surface area contributed by atoms with Crippen molar-refractivity contribution in [3.05, 3.63) is 340 Å². The van der Waals surface area contributed by atoms with Gasteiger partial charge in [-0.05, 0) is 96.1 Å². The summed E-state index contributed by atoms with van der Waals surface area (Å²) < 4.78 is 7.71. The van der Waals surface area contributed by atoms with Crippen LogP contribution in [0.25, 0.3) is 172 Å². The van der Waals surface area contributed by atoms with Gasteiger partial charge in [-0.2, -0.15) is 0 Å². The van der Waals surface area contributed by atoms with E-state index < -0.39 is 0 Å². The van der Waals surface area contributed by atoms with Crippen LogP contribution in [0.1, 0.15) is 0 Å². The summed E-state index contributed by atoms with van der Waals surface area (Å²) in [6.07, 6.45) is 0. The van der Waals surface area contributed by atoms with Crippen molar-refractivity contribution in [1.82, 2.24) is 28.7 Å². The lowest BCUT2D eigenvalue weighted by atomic mass is 9.90. The van der Waals surface area contributed by atoms with Crippen molar-refractivity contribution < 1.29 is 0 Å². The number of aromatic nitrogens is 6. The van der Waals surface area contributed by atoms with Crippen LogP contribution in [0.2, 0.25) is 0 Å². The quantitative estimate of drug-likeness (QED) is 0.130. The predicted molar refractivity (Wildman–Crippen MR) is 386 cm³/mol. The second kappa shape index (κ2) is 22.2. The Hall–Kier alpha value is -12.5. The number of hydrogen-bond acceptors (Lipinski definition) is 3. The van der Waals surface area contributed by atoms with Crippen LogP contribution in [-0.4, -0.2) is 28.7 Å². The van der Waals surface area contributed by atoms with E-state index in [-0.39, 0.29) is 0 Å². The fourth-order valence-electron chi connectivity index (χ4n) is 14.2. The molecule has 0 N–H and O–H groups in total. The Labute approximate surface area is 537 Å². The van der Waals surface area contributed by atoms with Gasteiger partial charge in [-0.3, -0.25) is 0 Å². The minimum absolute atomic E-state index is 0.866. The van der Waals surface area contributed by atoms with Crippen LogP contribution in [0.4, 0.5) is 0 Å². The molecule has 0 fully saturated rings. The minimum atomic E-state index is 0.866. The zero-order valence-electron chi connectivity index (χ0n) is 50.5. The van der Waals surface area contributed by atoms with Gasteiger partial charge in [0.05, 0.1) is 84.3 Å². The Morgan fingerprint density at radius 3 is 0.785 bits per heavy atom. The van der Waals surface area contributed by atoms with E-state index in [2.05, 4.69) is 353 Å². The summed E-state index contributed by atoms with van der Waals surface area (Å²) in [7, 11) is 0. The number of rotatable bonds is 11. The van der Waals surface area contributed by atoms with E-state index in [1.165, 1.54) is 0 Å². The molecule has 6 nitrogen and oxygen atoms in total. The molecule has 0 amide bonds. The topological polar surface area (TPSA) is 53.5 Å². The molecule has 0 radical (unpaired) electrons.